The van der Waals surface area contributed by atoms with Gasteiger partial charge in [-0.1, -0.05) is 63.6 Å². The Hall–Kier alpha value is -5.24. The maximum atomic E-state index is 14.0. The van der Waals surface area contributed by atoms with Crippen molar-refractivity contribution in [2.24, 2.45) is 0 Å². The Kier molecular flexibility index (Phi) is 8.16. The van der Waals surface area contributed by atoms with Gasteiger partial charge in [0.1, 0.15) is 17.2 Å². The van der Waals surface area contributed by atoms with Gasteiger partial charge in [-0.25, -0.2) is 0 Å². The van der Waals surface area contributed by atoms with Crippen LogP contribution in [0.5, 0.6) is 17.2 Å². The highest BCUT2D eigenvalue weighted by Crippen LogP contribution is 2.59. The zero-order valence-corrected chi connectivity index (χ0v) is 28.6. The Morgan fingerprint density at radius 2 is 1.56 bits per heavy atom. The molecule has 5 aromatic carbocycles. The number of nitrogens with one attached hydrogen (secondary N) is 1. The first-order valence-electron chi connectivity index (χ1n) is 16.8. The van der Waals surface area contributed by atoms with Gasteiger partial charge in [-0.05, 0) is 94.7 Å². The minimum atomic E-state index is -4.49. The molecule has 256 valence electrons. The van der Waals surface area contributed by atoms with Crippen LogP contribution < -0.4 is 19.5 Å². The number of methoxy groups -OCH3 is 1. The molecule has 1 unspecified atom stereocenters. The van der Waals surface area contributed by atoms with Crippen LogP contribution in [-0.4, -0.2) is 19.6 Å². The molecule has 5 nitrogen and oxygen atoms in total. The van der Waals surface area contributed by atoms with Gasteiger partial charge >= 0.3 is 6.18 Å². The number of fused-ring (bicyclic) bond motifs is 8. The quantitative estimate of drug-likeness (QED) is 0.166. The zero-order valence-electron chi connectivity index (χ0n) is 28.6. The second-order valence-corrected chi connectivity index (χ2v) is 13.4. The third kappa shape index (κ3) is 5.47. The molecule has 7 rings (SSSR count). The second-order valence-electron chi connectivity index (χ2n) is 13.4. The van der Waals surface area contributed by atoms with E-state index in [1.165, 1.54) is 13.0 Å². The molecule has 1 amide bonds. The Morgan fingerprint density at radius 3 is 2.18 bits per heavy atom. The summed E-state index contributed by atoms with van der Waals surface area (Å²) in [5, 5.41) is 4.43. The van der Waals surface area contributed by atoms with Gasteiger partial charge in [-0.3, -0.25) is 4.79 Å². The molecule has 0 saturated carbocycles. The van der Waals surface area contributed by atoms with Gasteiger partial charge in [0.25, 0.3) is 0 Å². The normalized spacial score (nSPS) is 17.0. The van der Waals surface area contributed by atoms with E-state index in [4.69, 9.17) is 14.2 Å². The van der Waals surface area contributed by atoms with Crippen molar-refractivity contribution >= 4 is 28.4 Å². The molecule has 0 radical (unpaired) electrons. The summed E-state index contributed by atoms with van der Waals surface area (Å²) in [6.07, 6.45) is 1.58. The van der Waals surface area contributed by atoms with E-state index in [1.807, 2.05) is 92.7 Å². The Labute approximate surface area is 289 Å². The van der Waals surface area contributed by atoms with Gasteiger partial charge in [0.05, 0.1) is 19.3 Å². The van der Waals surface area contributed by atoms with Gasteiger partial charge in [0.15, 0.2) is 5.60 Å². The van der Waals surface area contributed by atoms with E-state index in [-0.39, 0.29) is 5.91 Å². The number of rotatable bonds is 8. The molecule has 1 atom stereocenters. The van der Waals surface area contributed by atoms with Crippen molar-refractivity contribution in [3.63, 3.8) is 0 Å². The summed E-state index contributed by atoms with van der Waals surface area (Å²) in [6, 6.07) is 25.2. The van der Waals surface area contributed by atoms with Crippen LogP contribution in [0.2, 0.25) is 0 Å². The van der Waals surface area contributed by atoms with Crippen LogP contribution in [0.4, 0.5) is 18.9 Å². The van der Waals surface area contributed by atoms with Crippen molar-refractivity contribution in [3.8, 4) is 28.4 Å². The van der Waals surface area contributed by atoms with E-state index in [1.54, 1.807) is 13.2 Å². The van der Waals surface area contributed by atoms with Gasteiger partial charge in [0, 0.05) is 40.1 Å². The summed E-state index contributed by atoms with van der Waals surface area (Å²) in [7, 11) is 1.62. The van der Waals surface area contributed by atoms with Crippen molar-refractivity contribution in [1.29, 1.82) is 0 Å². The van der Waals surface area contributed by atoms with Gasteiger partial charge < -0.3 is 19.5 Å². The van der Waals surface area contributed by atoms with E-state index in [2.05, 4.69) is 12.2 Å². The molecule has 0 spiro atoms. The average Bonchev–Trinajstić information content (AvgIpc) is 3.34. The lowest BCUT2D eigenvalue weighted by Crippen LogP contribution is -2.35. The van der Waals surface area contributed by atoms with Gasteiger partial charge in [0.2, 0.25) is 5.91 Å². The fourth-order valence-corrected chi connectivity index (χ4v) is 7.39. The first kappa shape index (κ1) is 33.3. The second kappa shape index (κ2) is 12.3. The monoisotopic (exact) mass is 677 g/mol. The van der Waals surface area contributed by atoms with Crippen LogP contribution in [0.1, 0.15) is 73.9 Å². The third-order valence-electron chi connectivity index (χ3n) is 9.85. The van der Waals surface area contributed by atoms with Crippen LogP contribution >= 0.6 is 0 Å². The number of hydrogen-bond acceptors (Lipinski definition) is 4. The first-order chi connectivity index (χ1) is 23.9. The number of unbranched alkanes of at least 4 members (excludes halogenated alkanes) is 1. The number of hydrogen-bond donors (Lipinski definition) is 1. The summed E-state index contributed by atoms with van der Waals surface area (Å²) >= 11 is 0. The molecule has 0 aromatic heterocycles. The summed E-state index contributed by atoms with van der Waals surface area (Å²) < 4.78 is 60.8. The lowest BCUT2D eigenvalue weighted by atomic mass is 9.76. The third-order valence-corrected chi connectivity index (χ3v) is 9.85. The predicted molar refractivity (Wildman–Crippen MR) is 191 cm³/mol. The maximum absolute atomic E-state index is 14.0. The molecule has 0 saturated heterocycles. The van der Waals surface area contributed by atoms with Crippen LogP contribution in [0.3, 0.4) is 0 Å². The molecule has 1 aliphatic heterocycles. The lowest BCUT2D eigenvalue weighted by Gasteiger charge is -2.38. The van der Waals surface area contributed by atoms with Crippen molar-refractivity contribution in [1.82, 2.24) is 0 Å². The molecule has 1 aliphatic carbocycles. The van der Waals surface area contributed by atoms with Crippen molar-refractivity contribution in [2.75, 3.05) is 19.0 Å². The predicted octanol–water partition coefficient (Wildman–Crippen LogP) is 10.7. The number of ether oxygens (including phenoxy) is 3. The van der Waals surface area contributed by atoms with E-state index >= 15 is 0 Å². The molecule has 8 heteroatoms. The minimum absolute atomic E-state index is 0.227. The highest BCUT2D eigenvalue weighted by atomic mass is 19.4. The van der Waals surface area contributed by atoms with E-state index < -0.39 is 22.8 Å². The number of halogens is 3. The van der Waals surface area contributed by atoms with E-state index in [9.17, 15) is 18.0 Å². The topological polar surface area (TPSA) is 56.8 Å². The van der Waals surface area contributed by atoms with Crippen LogP contribution in [0, 0.1) is 0 Å². The summed E-state index contributed by atoms with van der Waals surface area (Å²) in [4.78, 5) is 12.1. The minimum Gasteiger partial charge on any atom is -0.497 e. The number of carbonyl (C=O) groups excluding carboxylic acids is 1. The molecule has 1 N–H and O–H groups in total. The fraction of sp³-hybridized carbons (Fsp3) is 0.262. The Bertz CT molecular complexity index is 2150. The molecule has 1 heterocycles. The molecule has 2 aliphatic rings. The molecule has 5 aromatic rings. The standard InChI is InChI=1S/C42H38F3NO4/c1-6-7-22-49-31-16-10-27(11-17-31)41(26-8-14-30(48-5)15-9-26)21-20-34-38-37(33-18-12-28(42(43,44)45)23-36(33)40(38,3)4)35-24-29(46-25(2)47)13-19-32(35)39(34)50-41/h8-21,23-24H,6-7,22H2,1-5H3,(H,46,47). The highest BCUT2D eigenvalue weighted by molar-refractivity contribution is 6.10. The number of amides is 1. The lowest BCUT2D eigenvalue weighted by molar-refractivity contribution is -0.137. The highest BCUT2D eigenvalue weighted by Gasteiger charge is 2.45. The van der Waals surface area contributed by atoms with Crippen LogP contribution in [-0.2, 0) is 22.0 Å². The average molecular weight is 678 g/mol. The van der Waals surface area contributed by atoms with Gasteiger partial charge in [-0.15, -0.1) is 0 Å². The van der Waals surface area contributed by atoms with Crippen LogP contribution in [0.25, 0.3) is 28.0 Å². The Balaban J connectivity index is 1.48. The van der Waals surface area contributed by atoms with E-state index in [0.29, 0.717) is 29.4 Å². The number of carbonyl (C=O) groups is 1. The van der Waals surface area contributed by atoms with Crippen LogP contribution in [0.15, 0.2) is 91.0 Å². The van der Waals surface area contributed by atoms with Gasteiger partial charge in [-0.2, -0.15) is 13.2 Å². The maximum Gasteiger partial charge on any atom is 0.416 e. The number of anilines is 1. The molecule has 50 heavy (non-hydrogen) atoms. The zero-order chi connectivity index (χ0) is 35.4. The Morgan fingerprint density at radius 1 is 0.880 bits per heavy atom. The largest absolute Gasteiger partial charge is 0.497 e. The summed E-state index contributed by atoms with van der Waals surface area (Å²) in [5.74, 6) is 1.84. The number of alkyl halides is 3. The summed E-state index contributed by atoms with van der Waals surface area (Å²) in [6.45, 7) is 8.10. The molecular formula is C42H38F3NO4. The number of benzene rings is 5. The fourth-order valence-electron chi connectivity index (χ4n) is 7.39. The SMILES string of the molecule is CCCCOc1ccc(C2(c3ccc(OC)cc3)C=Cc3c4c(c5cc(NC(C)=O)ccc5c3O2)-c2ccc(C(F)(F)F)cc2C4(C)C)cc1. The van der Waals surface area contributed by atoms with E-state index in [0.717, 1.165) is 68.8 Å². The smallest absolute Gasteiger partial charge is 0.416 e. The first-order valence-corrected chi connectivity index (χ1v) is 16.8. The molecular weight excluding hydrogens is 639 g/mol. The van der Waals surface area contributed by atoms with Crippen molar-refractivity contribution in [3.05, 3.63) is 124 Å². The summed E-state index contributed by atoms with van der Waals surface area (Å²) in [5.41, 5.74) is 3.56. The van der Waals surface area contributed by atoms with Crippen molar-refractivity contribution in [2.45, 2.75) is 57.7 Å². The molecule has 0 fully saturated rings. The van der Waals surface area contributed by atoms with Crippen molar-refractivity contribution < 1.29 is 32.2 Å². The molecule has 0 bridgehead atoms.